The molecule has 0 radical (unpaired) electrons. The van der Waals surface area contributed by atoms with Crippen LogP contribution in [0.3, 0.4) is 0 Å². The zero-order valence-corrected chi connectivity index (χ0v) is 7.54. The van der Waals surface area contributed by atoms with Gasteiger partial charge in [0.2, 0.25) is 0 Å². The van der Waals surface area contributed by atoms with Gasteiger partial charge < -0.3 is 14.6 Å². The van der Waals surface area contributed by atoms with Crippen molar-refractivity contribution in [2.45, 2.75) is 13.3 Å². The van der Waals surface area contributed by atoms with Gasteiger partial charge in [-0.1, -0.05) is 6.92 Å². The van der Waals surface area contributed by atoms with Crippen molar-refractivity contribution in [3.63, 3.8) is 0 Å². The molecule has 1 aromatic carbocycles. The normalized spacial score (nSPS) is 14.2. The summed E-state index contributed by atoms with van der Waals surface area (Å²) in [7, 11) is 0. The fourth-order valence-corrected chi connectivity index (χ4v) is 1.40. The summed E-state index contributed by atoms with van der Waals surface area (Å²) in [5.41, 5.74) is 0.893. The van der Waals surface area contributed by atoms with Gasteiger partial charge in [0.25, 0.3) is 0 Å². The first-order valence-electron chi connectivity index (χ1n) is 4.42. The van der Waals surface area contributed by atoms with Gasteiger partial charge in [0.1, 0.15) is 19.0 Å². The van der Waals surface area contributed by atoms with Crippen molar-refractivity contribution in [2.24, 2.45) is 0 Å². The van der Waals surface area contributed by atoms with Crippen LogP contribution in [-0.4, -0.2) is 18.3 Å². The van der Waals surface area contributed by atoms with E-state index in [4.69, 9.17) is 9.47 Å². The Balaban J connectivity index is 2.44. The number of phenols is 1. The zero-order chi connectivity index (χ0) is 9.26. The van der Waals surface area contributed by atoms with Crippen molar-refractivity contribution in [3.05, 3.63) is 17.7 Å². The Bertz CT molecular complexity index is 320. The van der Waals surface area contributed by atoms with E-state index in [1.54, 1.807) is 6.07 Å². The molecule has 3 nitrogen and oxygen atoms in total. The van der Waals surface area contributed by atoms with E-state index in [9.17, 15) is 5.11 Å². The van der Waals surface area contributed by atoms with Crippen LogP contribution in [0, 0.1) is 0 Å². The molecule has 1 aromatic rings. The second kappa shape index (κ2) is 3.17. The minimum atomic E-state index is 0.284. The number of ether oxygens (including phenoxy) is 2. The van der Waals surface area contributed by atoms with Crippen molar-refractivity contribution in [2.75, 3.05) is 13.2 Å². The van der Waals surface area contributed by atoms with Crippen LogP contribution in [0.5, 0.6) is 17.2 Å². The first-order chi connectivity index (χ1) is 6.31. The monoisotopic (exact) mass is 180 g/mol. The number of aromatic hydroxyl groups is 1. The molecule has 0 aromatic heterocycles. The molecule has 0 spiro atoms. The van der Waals surface area contributed by atoms with E-state index in [2.05, 4.69) is 0 Å². The van der Waals surface area contributed by atoms with Crippen LogP contribution in [-0.2, 0) is 6.42 Å². The standard InChI is InChI=1S/C10H12O3/c1-2-7-5-9-10(6-8(7)11)13-4-3-12-9/h5-6,11H,2-4H2,1H3. The fraction of sp³-hybridized carbons (Fsp3) is 0.400. The van der Waals surface area contributed by atoms with Gasteiger partial charge in [0.15, 0.2) is 11.5 Å². The molecule has 0 fully saturated rings. The maximum atomic E-state index is 9.53. The molecule has 0 saturated heterocycles. The van der Waals surface area contributed by atoms with Crippen molar-refractivity contribution < 1.29 is 14.6 Å². The summed E-state index contributed by atoms with van der Waals surface area (Å²) in [6.45, 7) is 3.13. The smallest absolute Gasteiger partial charge is 0.165 e. The summed E-state index contributed by atoms with van der Waals surface area (Å²) in [5.74, 6) is 1.66. The summed E-state index contributed by atoms with van der Waals surface area (Å²) < 4.78 is 10.7. The highest BCUT2D eigenvalue weighted by molar-refractivity contribution is 5.50. The zero-order valence-electron chi connectivity index (χ0n) is 7.54. The van der Waals surface area contributed by atoms with Crippen LogP contribution in [0.15, 0.2) is 12.1 Å². The number of phenolic OH excluding ortho intramolecular Hbond substituents is 1. The Hall–Kier alpha value is -1.38. The van der Waals surface area contributed by atoms with Gasteiger partial charge in [0, 0.05) is 6.07 Å². The summed E-state index contributed by atoms with van der Waals surface area (Å²) in [5, 5.41) is 9.53. The maximum absolute atomic E-state index is 9.53. The Morgan fingerprint density at radius 3 is 2.46 bits per heavy atom. The van der Waals surface area contributed by atoms with Crippen LogP contribution in [0.4, 0.5) is 0 Å². The van der Waals surface area contributed by atoms with Crippen LogP contribution in [0.25, 0.3) is 0 Å². The van der Waals surface area contributed by atoms with E-state index >= 15 is 0 Å². The third-order valence-electron chi connectivity index (χ3n) is 2.12. The summed E-state index contributed by atoms with van der Waals surface area (Å²) in [6.07, 6.45) is 0.794. The van der Waals surface area contributed by atoms with Gasteiger partial charge in [-0.25, -0.2) is 0 Å². The lowest BCUT2D eigenvalue weighted by atomic mass is 10.1. The van der Waals surface area contributed by atoms with E-state index < -0.39 is 0 Å². The van der Waals surface area contributed by atoms with E-state index in [1.807, 2.05) is 13.0 Å². The molecule has 0 saturated carbocycles. The molecule has 1 heterocycles. The lowest BCUT2D eigenvalue weighted by Gasteiger charge is -2.19. The molecular formula is C10H12O3. The molecule has 1 aliphatic rings. The van der Waals surface area contributed by atoms with E-state index in [-0.39, 0.29) is 5.75 Å². The van der Waals surface area contributed by atoms with Crippen LogP contribution < -0.4 is 9.47 Å². The number of benzene rings is 1. The molecule has 0 bridgehead atoms. The SMILES string of the molecule is CCc1cc2c(cc1O)OCCO2. The third kappa shape index (κ3) is 1.41. The molecule has 70 valence electrons. The minimum Gasteiger partial charge on any atom is -0.508 e. The molecule has 0 amide bonds. The van der Waals surface area contributed by atoms with Crippen molar-refractivity contribution in [3.8, 4) is 17.2 Å². The maximum Gasteiger partial charge on any atom is 0.165 e. The Morgan fingerprint density at radius 1 is 1.23 bits per heavy atom. The molecule has 1 aliphatic heterocycles. The largest absolute Gasteiger partial charge is 0.508 e. The molecule has 0 atom stereocenters. The number of hydrogen-bond donors (Lipinski definition) is 1. The first kappa shape index (κ1) is 8.23. The van der Waals surface area contributed by atoms with Gasteiger partial charge in [0.05, 0.1) is 0 Å². The van der Waals surface area contributed by atoms with Crippen molar-refractivity contribution in [1.29, 1.82) is 0 Å². The Labute approximate surface area is 76.9 Å². The summed E-state index contributed by atoms with van der Waals surface area (Å²) in [4.78, 5) is 0. The van der Waals surface area contributed by atoms with E-state index in [1.165, 1.54) is 0 Å². The van der Waals surface area contributed by atoms with Crippen LogP contribution in [0.1, 0.15) is 12.5 Å². The van der Waals surface area contributed by atoms with E-state index in [0.717, 1.165) is 17.7 Å². The highest BCUT2D eigenvalue weighted by Crippen LogP contribution is 2.36. The van der Waals surface area contributed by atoms with Gasteiger partial charge in [-0.3, -0.25) is 0 Å². The predicted molar refractivity (Wildman–Crippen MR) is 48.5 cm³/mol. The molecule has 3 heteroatoms. The first-order valence-corrected chi connectivity index (χ1v) is 4.42. The highest BCUT2D eigenvalue weighted by atomic mass is 16.6. The topological polar surface area (TPSA) is 38.7 Å². The third-order valence-corrected chi connectivity index (χ3v) is 2.12. The van der Waals surface area contributed by atoms with Gasteiger partial charge in [-0.2, -0.15) is 0 Å². The molecule has 0 aliphatic carbocycles. The second-order valence-electron chi connectivity index (χ2n) is 2.98. The average Bonchev–Trinajstić information content (AvgIpc) is 2.17. The predicted octanol–water partition coefficient (Wildman–Crippen LogP) is 1.73. The van der Waals surface area contributed by atoms with Crippen LogP contribution >= 0.6 is 0 Å². The molecular weight excluding hydrogens is 168 g/mol. The lowest BCUT2D eigenvalue weighted by Crippen LogP contribution is -2.15. The number of hydrogen-bond acceptors (Lipinski definition) is 3. The Kier molecular flexibility index (Phi) is 2.00. The molecule has 2 rings (SSSR count). The van der Waals surface area contributed by atoms with Crippen molar-refractivity contribution in [1.82, 2.24) is 0 Å². The molecule has 13 heavy (non-hydrogen) atoms. The quantitative estimate of drug-likeness (QED) is 0.715. The van der Waals surface area contributed by atoms with Crippen LogP contribution in [0.2, 0.25) is 0 Å². The van der Waals surface area contributed by atoms with Gasteiger partial charge in [-0.05, 0) is 18.1 Å². The van der Waals surface area contributed by atoms with Crippen molar-refractivity contribution >= 4 is 0 Å². The molecule has 0 unspecified atom stereocenters. The minimum absolute atomic E-state index is 0.284. The fourth-order valence-electron chi connectivity index (χ4n) is 1.40. The second-order valence-corrected chi connectivity index (χ2v) is 2.98. The van der Waals surface area contributed by atoms with Gasteiger partial charge in [-0.15, -0.1) is 0 Å². The summed E-state index contributed by atoms with van der Waals surface area (Å²) >= 11 is 0. The number of aryl methyl sites for hydroxylation is 1. The number of rotatable bonds is 1. The average molecular weight is 180 g/mol. The lowest BCUT2D eigenvalue weighted by molar-refractivity contribution is 0.170. The highest BCUT2D eigenvalue weighted by Gasteiger charge is 2.14. The Morgan fingerprint density at radius 2 is 1.85 bits per heavy atom. The summed E-state index contributed by atoms with van der Waals surface area (Å²) in [6, 6.07) is 3.46. The van der Waals surface area contributed by atoms with E-state index in [0.29, 0.717) is 19.0 Å². The molecule has 1 N–H and O–H groups in total. The number of fused-ring (bicyclic) bond motifs is 1. The van der Waals surface area contributed by atoms with Gasteiger partial charge >= 0.3 is 0 Å².